The highest BCUT2D eigenvalue weighted by Gasteiger charge is 2.34. The molecule has 1 aliphatic heterocycles. The summed E-state index contributed by atoms with van der Waals surface area (Å²) in [5, 5.41) is 0.649. The Morgan fingerprint density at radius 3 is 2.65 bits per heavy atom. The topological polar surface area (TPSA) is 32.8 Å². The zero-order valence-corrected chi connectivity index (χ0v) is 10.9. The molecule has 2 rings (SSSR count). The van der Waals surface area contributed by atoms with Crippen LogP contribution < -0.4 is 4.74 Å². The number of rotatable bonds is 2. The summed E-state index contributed by atoms with van der Waals surface area (Å²) in [5.74, 6) is 0.759. The van der Waals surface area contributed by atoms with Gasteiger partial charge in [-0.15, -0.1) is 0 Å². The fourth-order valence-electron chi connectivity index (χ4n) is 2.14. The van der Waals surface area contributed by atoms with Gasteiger partial charge in [0.2, 0.25) is 0 Å². The molecule has 0 N–H and O–H groups in total. The van der Waals surface area contributed by atoms with Crippen LogP contribution in [0.5, 0.6) is 5.75 Å². The normalized spacial score (nSPS) is 20.0. The van der Waals surface area contributed by atoms with Crippen LogP contribution in [0.3, 0.4) is 0 Å². The van der Waals surface area contributed by atoms with E-state index >= 15 is 0 Å². The van der Waals surface area contributed by atoms with Gasteiger partial charge in [0, 0.05) is 31.2 Å². The number of hydrogen-bond donors (Lipinski definition) is 0. The lowest BCUT2D eigenvalue weighted by Gasteiger charge is -2.20. The van der Waals surface area contributed by atoms with Gasteiger partial charge < -0.3 is 14.5 Å². The van der Waals surface area contributed by atoms with E-state index in [2.05, 4.69) is 0 Å². The third-order valence-corrected chi connectivity index (χ3v) is 3.33. The van der Waals surface area contributed by atoms with Crippen LogP contribution in [0.4, 0.5) is 4.79 Å². The van der Waals surface area contributed by atoms with Crippen molar-refractivity contribution < 1.29 is 9.53 Å². The highest BCUT2D eigenvalue weighted by atomic mass is 35.5. The Morgan fingerprint density at radius 1 is 1.41 bits per heavy atom. The Hall–Kier alpha value is -1.42. The van der Waals surface area contributed by atoms with Gasteiger partial charge in [-0.3, -0.25) is 0 Å². The summed E-state index contributed by atoms with van der Waals surface area (Å²) in [5.41, 5.74) is 0.945. The summed E-state index contributed by atoms with van der Waals surface area (Å²) in [7, 11) is 5.19. The Balaban J connectivity index is 2.40. The molecule has 1 atom stereocenters. The molecule has 4 nitrogen and oxygen atoms in total. The molecule has 0 bridgehead atoms. The number of amides is 2. The maximum Gasteiger partial charge on any atom is 0.320 e. The van der Waals surface area contributed by atoms with Crippen LogP contribution in [0.15, 0.2) is 18.2 Å². The first-order valence-electron chi connectivity index (χ1n) is 5.36. The quantitative estimate of drug-likeness (QED) is 0.812. The summed E-state index contributed by atoms with van der Waals surface area (Å²) >= 11 is 6.00. The lowest BCUT2D eigenvalue weighted by atomic mass is 10.1. The van der Waals surface area contributed by atoms with E-state index in [1.165, 1.54) is 0 Å². The van der Waals surface area contributed by atoms with Crippen molar-refractivity contribution in [1.29, 1.82) is 0 Å². The van der Waals surface area contributed by atoms with Crippen molar-refractivity contribution in [3.63, 3.8) is 0 Å². The van der Waals surface area contributed by atoms with Gasteiger partial charge in [-0.05, 0) is 18.2 Å². The number of ether oxygens (including phenoxy) is 1. The van der Waals surface area contributed by atoms with Crippen LogP contribution in [0.25, 0.3) is 0 Å². The van der Waals surface area contributed by atoms with Gasteiger partial charge in [0.05, 0.1) is 13.2 Å². The molecule has 1 heterocycles. The Morgan fingerprint density at radius 2 is 2.12 bits per heavy atom. The molecular formula is C12H15ClN2O2. The summed E-state index contributed by atoms with van der Waals surface area (Å²) in [6, 6.07) is 5.46. The second-order valence-electron chi connectivity index (χ2n) is 4.18. The highest BCUT2D eigenvalue weighted by Crippen LogP contribution is 2.34. The Labute approximate surface area is 106 Å². The van der Waals surface area contributed by atoms with Crippen molar-refractivity contribution in [1.82, 2.24) is 9.80 Å². The van der Waals surface area contributed by atoms with Crippen molar-refractivity contribution in [3.05, 3.63) is 28.8 Å². The standard InChI is InChI=1S/C12H15ClN2O2/c1-14-7-10(15(2)12(14)16)9-6-8(13)4-5-11(9)17-3/h4-6,10H,7H2,1-3H3. The molecule has 17 heavy (non-hydrogen) atoms. The van der Waals surface area contributed by atoms with Gasteiger partial charge in [-0.2, -0.15) is 0 Å². The first-order valence-corrected chi connectivity index (χ1v) is 5.73. The number of nitrogens with zero attached hydrogens (tertiary/aromatic N) is 2. The molecular weight excluding hydrogens is 240 g/mol. The average molecular weight is 255 g/mol. The first-order chi connectivity index (χ1) is 8.04. The molecule has 5 heteroatoms. The fraction of sp³-hybridized carbons (Fsp3) is 0.417. The summed E-state index contributed by atoms with van der Waals surface area (Å²) < 4.78 is 5.32. The smallest absolute Gasteiger partial charge is 0.320 e. The van der Waals surface area contributed by atoms with E-state index in [1.54, 1.807) is 37.1 Å². The van der Waals surface area contributed by atoms with Crippen molar-refractivity contribution in [2.24, 2.45) is 0 Å². The number of methoxy groups -OCH3 is 1. The second kappa shape index (κ2) is 4.45. The molecule has 1 aliphatic rings. The zero-order valence-electron chi connectivity index (χ0n) is 10.1. The van der Waals surface area contributed by atoms with Gasteiger partial charge >= 0.3 is 6.03 Å². The van der Waals surface area contributed by atoms with Gasteiger partial charge in [-0.25, -0.2) is 4.79 Å². The van der Waals surface area contributed by atoms with Crippen LogP contribution in [0.2, 0.25) is 5.02 Å². The van der Waals surface area contributed by atoms with E-state index in [0.29, 0.717) is 11.6 Å². The van der Waals surface area contributed by atoms with Crippen molar-refractivity contribution in [2.75, 3.05) is 27.7 Å². The number of carbonyl (C=O) groups is 1. The molecule has 2 amide bonds. The van der Waals surface area contributed by atoms with Crippen LogP contribution >= 0.6 is 11.6 Å². The van der Waals surface area contributed by atoms with Crippen LogP contribution in [0.1, 0.15) is 11.6 Å². The lowest BCUT2D eigenvalue weighted by molar-refractivity contribution is 0.201. The van der Waals surface area contributed by atoms with E-state index in [1.807, 2.05) is 12.1 Å². The molecule has 1 aromatic carbocycles. The van der Waals surface area contributed by atoms with E-state index in [4.69, 9.17) is 16.3 Å². The summed E-state index contributed by atoms with van der Waals surface area (Å²) in [4.78, 5) is 15.1. The molecule has 1 saturated heterocycles. The van der Waals surface area contributed by atoms with Crippen LogP contribution in [-0.4, -0.2) is 43.6 Å². The van der Waals surface area contributed by atoms with Crippen LogP contribution in [0, 0.1) is 0 Å². The number of benzene rings is 1. The third-order valence-electron chi connectivity index (χ3n) is 3.09. The number of hydrogen-bond acceptors (Lipinski definition) is 2. The molecule has 0 aliphatic carbocycles. The molecule has 1 fully saturated rings. The predicted octanol–water partition coefficient (Wildman–Crippen LogP) is 2.39. The largest absolute Gasteiger partial charge is 0.496 e. The van der Waals surface area contributed by atoms with Crippen molar-refractivity contribution in [2.45, 2.75) is 6.04 Å². The molecule has 1 unspecified atom stereocenters. The molecule has 0 spiro atoms. The Kier molecular flexibility index (Phi) is 3.15. The van der Waals surface area contributed by atoms with E-state index in [-0.39, 0.29) is 12.1 Å². The monoisotopic (exact) mass is 254 g/mol. The molecule has 1 aromatic rings. The van der Waals surface area contributed by atoms with Gasteiger partial charge in [0.25, 0.3) is 0 Å². The van der Waals surface area contributed by atoms with E-state index in [9.17, 15) is 4.79 Å². The summed E-state index contributed by atoms with van der Waals surface area (Å²) in [6.45, 7) is 0.645. The number of carbonyl (C=O) groups excluding carboxylic acids is 1. The highest BCUT2D eigenvalue weighted by molar-refractivity contribution is 6.30. The lowest BCUT2D eigenvalue weighted by Crippen LogP contribution is -2.26. The van der Waals surface area contributed by atoms with Crippen molar-refractivity contribution >= 4 is 17.6 Å². The van der Waals surface area contributed by atoms with Gasteiger partial charge in [-0.1, -0.05) is 11.6 Å². The van der Waals surface area contributed by atoms with Crippen molar-refractivity contribution in [3.8, 4) is 5.75 Å². The molecule has 0 aromatic heterocycles. The van der Waals surface area contributed by atoms with Crippen LogP contribution in [-0.2, 0) is 0 Å². The summed E-state index contributed by atoms with van der Waals surface area (Å²) in [6.07, 6.45) is 0. The molecule has 0 radical (unpaired) electrons. The zero-order chi connectivity index (χ0) is 12.6. The van der Waals surface area contributed by atoms with E-state index < -0.39 is 0 Å². The second-order valence-corrected chi connectivity index (χ2v) is 4.61. The van der Waals surface area contributed by atoms with Gasteiger partial charge in [0.1, 0.15) is 5.75 Å². The fourth-order valence-corrected chi connectivity index (χ4v) is 2.32. The predicted molar refractivity (Wildman–Crippen MR) is 66.5 cm³/mol. The minimum atomic E-state index is -0.0128. The SMILES string of the molecule is COc1ccc(Cl)cc1C1CN(C)C(=O)N1C. The molecule has 0 saturated carbocycles. The Bertz CT molecular complexity index is 450. The average Bonchev–Trinajstić information content (AvgIpc) is 2.57. The number of likely N-dealkylation sites (N-methyl/N-ethyl adjacent to an activating group) is 2. The first kappa shape index (κ1) is 12.0. The van der Waals surface area contributed by atoms with E-state index in [0.717, 1.165) is 11.3 Å². The minimum Gasteiger partial charge on any atom is -0.496 e. The molecule has 92 valence electrons. The minimum absolute atomic E-state index is 0.0111. The number of halogens is 1. The maximum atomic E-state index is 11.8. The third kappa shape index (κ3) is 2.05. The maximum absolute atomic E-state index is 11.8. The van der Waals surface area contributed by atoms with Gasteiger partial charge in [0.15, 0.2) is 0 Å². The number of urea groups is 1.